The molecule has 2 aromatic heterocycles. The fourth-order valence-corrected chi connectivity index (χ4v) is 4.50. The fraction of sp³-hybridized carbons (Fsp3) is 0.481. The molecule has 1 fully saturated rings. The Morgan fingerprint density at radius 1 is 1.03 bits per heavy atom. The molecule has 3 aromatic rings. The van der Waals surface area contributed by atoms with Crippen molar-refractivity contribution in [3.63, 3.8) is 0 Å². The Hall–Kier alpha value is -3.06. The Bertz CT molecular complexity index is 1050. The number of anilines is 1. The second-order valence-corrected chi connectivity index (χ2v) is 10.3. The monoisotopic (exact) mass is 461 g/mol. The molecule has 7 nitrogen and oxygen atoms in total. The summed E-state index contributed by atoms with van der Waals surface area (Å²) >= 11 is 0. The first-order valence-electron chi connectivity index (χ1n) is 12.1. The van der Waals surface area contributed by atoms with Gasteiger partial charge in [-0.1, -0.05) is 57.2 Å². The van der Waals surface area contributed by atoms with Crippen LogP contribution in [0.3, 0.4) is 0 Å². The number of ether oxygens (including phenoxy) is 1. The van der Waals surface area contributed by atoms with Gasteiger partial charge in [0.1, 0.15) is 24.9 Å². The van der Waals surface area contributed by atoms with Crippen LogP contribution >= 0.6 is 0 Å². The van der Waals surface area contributed by atoms with Crippen molar-refractivity contribution >= 4 is 11.6 Å². The summed E-state index contributed by atoms with van der Waals surface area (Å²) in [6.07, 6.45) is 4.34. The van der Waals surface area contributed by atoms with Gasteiger partial charge in [-0.2, -0.15) is 0 Å². The lowest BCUT2D eigenvalue weighted by Gasteiger charge is -2.32. The van der Waals surface area contributed by atoms with Crippen molar-refractivity contribution in [2.24, 2.45) is 5.41 Å². The van der Waals surface area contributed by atoms with Crippen LogP contribution in [-0.4, -0.2) is 45.2 Å². The highest BCUT2D eigenvalue weighted by molar-refractivity contribution is 5.80. The molecule has 180 valence electrons. The van der Waals surface area contributed by atoms with E-state index in [1.807, 2.05) is 36.5 Å². The number of benzene rings is 1. The number of Topliss-reactive ketones (excluding diaryl/α,β-unsaturated/α-hetero) is 1. The van der Waals surface area contributed by atoms with Gasteiger partial charge in [-0.25, -0.2) is 4.98 Å². The van der Waals surface area contributed by atoms with Crippen molar-refractivity contribution in [3.05, 3.63) is 71.9 Å². The molecule has 0 spiro atoms. The third kappa shape index (κ3) is 6.50. The SMILES string of the molecule is CC(C)(C)CC(=O)COCc1nnc(C2CCN(c3ccccn3)CC2)n1Cc1ccccc1. The zero-order valence-corrected chi connectivity index (χ0v) is 20.5. The average Bonchev–Trinajstić information content (AvgIpc) is 3.21. The van der Waals surface area contributed by atoms with Crippen LogP contribution in [0.4, 0.5) is 5.82 Å². The van der Waals surface area contributed by atoms with Gasteiger partial charge in [-0.3, -0.25) is 4.79 Å². The number of ketones is 1. The van der Waals surface area contributed by atoms with Crippen molar-refractivity contribution in [1.29, 1.82) is 0 Å². The third-order valence-electron chi connectivity index (χ3n) is 6.09. The van der Waals surface area contributed by atoms with E-state index in [0.717, 1.165) is 43.4 Å². The number of carbonyl (C=O) groups excluding carboxylic acids is 1. The highest BCUT2D eigenvalue weighted by Gasteiger charge is 2.27. The van der Waals surface area contributed by atoms with Gasteiger partial charge >= 0.3 is 0 Å². The molecule has 34 heavy (non-hydrogen) atoms. The highest BCUT2D eigenvalue weighted by Crippen LogP contribution is 2.30. The minimum absolute atomic E-state index is 0.0366. The van der Waals surface area contributed by atoms with Crippen LogP contribution in [-0.2, 0) is 22.7 Å². The molecule has 1 aromatic carbocycles. The lowest BCUT2D eigenvalue weighted by molar-refractivity contribution is -0.125. The van der Waals surface area contributed by atoms with Crippen molar-refractivity contribution < 1.29 is 9.53 Å². The van der Waals surface area contributed by atoms with Crippen molar-refractivity contribution in [2.45, 2.75) is 59.1 Å². The van der Waals surface area contributed by atoms with Crippen LogP contribution < -0.4 is 4.90 Å². The Morgan fingerprint density at radius 2 is 1.76 bits per heavy atom. The maximum Gasteiger partial charge on any atom is 0.159 e. The van der Waals surface area contributed by atoms with E-state index in [1.54, 1.807) is 0 Å². The van der Waals surface area contributed by atoms with Gasteiger partial charge in [0.15, 0.2) is 11.6 Å². The van der Waals surface area contributed by atoms with Crippen LogP contribution in [0, 0.1) is 5.41 Å². The molecule has 3 heterocycles. The summed E-state index contributed by atoms with van der Waals surface area (Å²) in [6.45, 7) is 9.14. The Kier molecular flexibility index (Phi) is 7.73. The first kappa shape index (κ1) is 24.1. The molecule has 0 saturated carbocycles. The maximum atomic E-state index is 12.2. The first-order valence-corrected chi connectivity index (χ1v) is 12.1. The van der Waals surface area contributed by atoms with Crippen LogP contribution in [0.5, 0.6) is 0 Å². The van der Waals surface area contributed by atoms with E-state index >= 15 is 0 Å². The summed E-state index contributed by atoms with van der Waals surface area (Å²) in [4.78, 5) is 19.1. The standard InChI is InChI=1S/C27H35N5O2/c1-27(2,3)17-23(33)19-34-20-25-29-30-26(32(25)18-21-9-5-4-6-10-21)22-12-15-31(16-13-22)24-11-7-8-14-28-24/h4-11,14,22H,12-13,15-20H2,1-3H3. The largest absolute Gasteiger partial charge is 0.366 e. The minimum Gasteiger partial charge on any atom is -0.366 e. The molecule has 0 aliphatic carbocycles. The number of rotatable bonds is 9. The molecule has 1 saturated heterocycles. The molecular formula is C27H35N5O2. The predicted octanol–water partition coefficient (Wildman–Crippen LogP) is 4.63. The fourth-order valence-electron chi connectivity index (χ4n) is 4.50. The molecule has 4 rings (SSSR count). The van der Waals surface area contributed by atoms with Gasteiger partial charge in [0.05, 0.1) is 6.54 Å². The van der Waals surface area contributed by atoms with Gasteiger partial charge in [0.2, 0.25) is 0 Å². The molecule has 0 atom stereocenters. The molecule has 0 N–H and O–H groups in total. The number of hydrogen-bond acceptors (Lipinski definition) is 6. The van der Waals surface area contributed by atoms with Gasteiger partial charge in [0, 0.05) is 31.6 Å². The lowest BCUT2D eigenvalue weighted by Crippen LogP contribution is -2.34. The van der Waals surface area contributed by atoms with Crippen molar-refractivity contribution in [3.8, 4) is 0 Å². The number of pyridine rings is 1. The predicted molar refractivity (Wildman–Crippen MR) is 133 cm³/mol. The van der Waals surface area contributed by atoms with Crippen LogP contribution in [0.15, 0.2) is 54.7 Å². The second-order valence-electron chi connectivity index (χ2n) is 10.3. The summed E-state index contributed by atoms with van der Waals surface area (Å²) in [6, 6.07) is 16.4. The molecule has 1 aliphatic rings. The molecule has 0 amide bonds. The molecular weight excluding hydrogens is 426 g/mol. The zero-order valence-electron chi connectivity index (χ0n) is 20.5. The summed E-state index contributed by atoms with van der Waals surface area (Å²) < 4.78 is 7.98. The third-order valence-corrected chi connectivity index (χ3v) is 6.09. The number of hydrogen-bond donors (Lipinski definition) is 0. The van der Waals surface area contributed by atoms with Gasteiger partial charge in [-0.05, 0) is 36.0 Å². The normalized spacial score (nSPS) is 15.0. The quantitative estimate of drug-likeness (QED) is 0.463. The van der Waals surface area contributed by atoms with Crippen LogP contribution in [0.1, 0.15) is 63.2 Å². The van der Waals surface area contributed by atoms with Crippen LogP contribution in [0.25, 0.3) is 0 Å². The highest BCUT2D eigenvalue weighted by atomic mass is 16.5. The smallest absolute Gasteiger partial charge is 0.159 e. The number of piperidine rings is 1. The summed E-state index contributed by atoms with van der Waals surface area (Å²) in [5, 5.41) is 9.09. The van der Waals surface area contributed by atoms with Crippen LogP contribution in [0.2, 0.25) is 0 Å². The maximum absolute atomic E-state index is 12.2. The molecule has 0 bridgehead atoms. The molecule has 0 radical (unpaired) electrons. The van der Waals surface area contributed by atoms with E-state index in [2.05, 4.69) is 63.6 Å². The summed E-state index contributed by atoms with van der Waals surface area (Å²) in [7, 11) is 0. The topological polar surface area (TPSA) is 73.1 Å². The second kappa shape index (κ2) is 10.9. The molecule has 7 heteroatoms. The molecule has 0 unspecified atom stereocenters. The first-order chi connectivity index (χ1) is 16.4. The van der Waals surface area contributed by atoms with E-state index < -0.39 is 0 Å². The summed E-state index contributed by atoms with van der Waals surface area (Å²) in [5.74, 6) is 3.25. The number of aromatic nitrogens is 4. The van der Waals surface area contributed by atoms with Gasteiger partial charge in [-0.15, -0.1) is 10.2 Å². The Balaban J connectivity index is 1.45. The van der Waals surface area contributed by atoms with E-state index in [0.29, 0.717) is 18.9 Å². The lowest BCUT2D eigenvalue weighted by atomic mass is 9.90. The molecule has 1 aliphatic heterocycles. The zero-order chi connectivity index (χ0) is 24.0. The minimum atomic E-state index is -0.0366. The van der Waals surface area contributed by atoms with E-state index in [-0.39, 0.29) is 24.4 Å². The van der Waals surface area contributed by atoms with Crippen molar-refractivity contribution in [1.82, 2.24) is 19.7 Å². The van der Waals surface area contributed by atoms with E-state index in [4.69, 9.17) is 4.74 Å². The van der Waals surface area contributed by atoms with Gasteiger partial charge in [0.25, 0.3) is 0 Å². The van der Waals surface area contributed by atoms with E-state index in [9.17, 15) is 4.79 Å². The van der Waals surface area contributed by atoms with Crippen molar-refractivity contribution in [2.75, 3.05) is 24.6 Å². The average molecular weight is 462 g/mol. The summed E-state index contributed by atoms with van der Waals surface area (Å²) in [5.41, 5.74) is 1.16. The Morgan fingerprint density at radius 3 is 2.44 bits per heavy atom. The Labute approximate surface area is 202 Å². The van der Waals surface area contributed by atoms with E-state index in [1.165, 1.54) is 5.56 Å². The number of carbonyl (C=O) groups is 1. The van der Waals surface area contributed by atoms with Gasteiger partial charge < -0.3 is 14.2 Å². The number of nitrogens with zero attached hydrogens (tertiary/aromatic N) is 5.